The number of aliphatic carboxylic acids is 1. The molecule has 0 fully saturated rings. The van der Waals surface area contributed by atoms with Crippen LogP contribution in [-0.2, 0) is 16.0 Å². The van der Waals surface area contributed by atoms with Gasteiger partial charge in [0.1, 0.15) is 5.75 Å². The fourth-order valence-corrected chi connectivity index (χ4v) is 2.03. The average Bonchev–Trinajstić information content (AvgIpc) is 2.77. The number of benzene rings is 1. The average molecular weight is 249 g/mol. The number of carbonyl (C=O) groups is 2. The minimum absolute atomic E-state index is 0.0595. The molecule has 0 radical (unpaired) electrons. The first-order valence-electron chi connectivity index (χ1n) is 5.88. The second-order valence-electron chi connectivity index (χ2n) is 4.22. The number of carboxylic acids is 1. The van der Waals surface area contributed by atoms with Gasteiger partial charge in [-0.3, -0.25) is 9.59 Å². The highest BCUT2D eigenvalue weighted by Gasteiger charge is 2.26. The number of para-hydroxylation sites is 1. The highest BCUT2D eigenvalue weighted by atomic mass is 16.5. The third-order valence-corrected chi connectivity index (χ3v) is 2.94. The molecule has 1 unspecified atom stereocenters. The largest absolute Gasteiger partial charge is 0.481 e. The zero-order valence-corrected chi connectivity index (χ0v) is 9.91. The second-order valence-corrected chi connectivity index (χ2v) is 4.22. The van der Waals surface area contributed by atoms with Crippen LogP contribution in [-0.4, -0.2) is 35.2 Å². The monoisotopic (exact) mass is 249 g/mol. The van der Waals surface area contributed by atoms with E-state index in [0.29, 0.717) is 19.4 Å². The first-order valence-corrected chi connectivity index (χ1v) is 5.88. The predicted molar refractivity (Wildman–Crippen MR) is 64.2 cm³/mol. The second kappa shape index (κ2) is 5.53. The lowest BCUT2D eigenvalue weighted by atomic mass is 10.1. The van der Waals surface area contributed by atoms with Crippen molar-refractivity contribution in [3.05, 3.63) is 29.8 Å². The van der Waals surface area contributed by atoms with Crippen molar-refractivity contribution in [3.8, 4) is 5.75 Å². The minimum Gasteiger partial charge on any atom is -0.481 e. The van der Waals surface area contributed by atoms with E-state index in [-0.39, 0.29) is 12.6 Å². The number of nitrogens with zero attached hydrogens (tertiary/aromatic N) is 1. The van der Waals surface area contributed by atoms with Crippen molar-refractivity contribution < 1.29 is 19.4 Å². The third-order valence-electron chi connectivity index (χ3n) is 2.94. The van der Waals surface area contributed by atoms with Gasteiger partial charge in [-0.1, -0.05) is 18.2 Å². The first kappa shape index (κ1) is 12.4. The van der Waals surface area contributed by atoms with Crippen LogP contribution in [0.5, 0.6) is 5.75 Å². The molecule has 1 atom stereocenters. The van der Waals surface area contributed by atoms with Crippen LogP contribution in [0.3, 0.4) is 0 Å². The van der Waals surface area contributed by atoms with Gasteiger partial charge in [0.15, 0.2) is 6.23 Å². The summed E-state index contributed by atoms with van der Waals surface area (Å²) in [5.41, 5.74) is 1.08. The molecule has 5 nitrogen and oxygen atoms in total. The Balaban J connectivity index is 1.91. The van der Waals surface area contributed by atoms with E-state index in [9.17, 15) is 9.59 Å². The summed E-state index contributed by atoms with van der Waals surface area (Å²) in [4.78, 5) is 23.0. The van der Waals surface area contributed by atoms with Gasteiger partial charge in [-0.15, -0.1) is 0 Å². The van der Waals surface area contributed by atoms with Crippen molar-refractivity contribution in [1.82, 2.24) is 4.90 Å². The molecule has 0 saturated carbocycles. The smallest absolute Gasteiger partial charge is 0.303 e. The Bertz CT molecular complexity index is 421. The number of fused-ring (bicyclic) bond motifs is 1. The quantitative estimate of drug-likeness (QED) is 0.771. The lowest BCUT2D eigenvalue weighted by Crippen LogP contribution is -2.38. The predicted octanol–water partition coefficient (Wildman–Crippen LogP) is 1.27. The Labute approximate surface area is 105 Å². The first-order chi connectivity index (χ1) is 8.70. The maximum absolute atomic E-state index is 11.0. The molecule has 0 spiro atoms. The summed E-state index contributed by atoms with van der Waals surface area (Å²) < 4.78 is 5.66. The minimum atomic E-state index is -0.850. The fourth-order valence-electron chi connectivity index (χ4n) is 2.03. The molecular formula is C13H15NO4. The molecule has 5 heteroatoms. The van der Waals surface area contributed by atoms with Crippen LogP contribution in [0, 0.1) is 0 Å². The van der Waals surface area contributed by atoms with Crippen LogP contribution in [0.2, 0.25) is 0 Å². The Kier molecular flexibility index (Phi) is 3.82. The van der Waals surface area contributed by atoms with E-state index >= 15 is 0 Å². The normalized spacial score (nSPS) is 16.8. The number of hydrogen-bond donors (Lipinski definition) is 1. The van der Waals surface area contributed by atoms with Gasteiger partial charge in [-0.05, 0) is 18.1 Å². The maximum atomic E-state index is 11.0. The van der Waals surface area contributed by atoms with Gasteiger partial charge in [-0.2, -0.15) is 0 Å². The standard InChI is InChI=1S/C13H15NO4/c15-9-14(7-3-6-13(16)17)12-8-10-4-1-2-5-11(10)18-12/h1-2,4-5,9,12H,3,6-8H2,(H,16,17). The highest BCUT2D eigenvalue weighted by molar-refractivity contribution is 5.66. The van der Waals surface area contributed by atoms with Gasteiger partial charge >= 0.3 is 5.97 Å². The maximum Gasteiger partial charge on any atom is 0.303 e. The molecule has 1 aromatic rings. The molecule has 1 aliphatic rings. The number of rotatable bonds is 6. The van der Waals surface area contributed by atoms with E-state index in [1.54, 1.807) is 0 Å². The number of carboxylic acid groups (broad SMARTS) is 1. The van der Waals surface area contributed by atoms with Crippen LogP contribution in [0.25, 0.3) is 0 Å². The summed E-state index contributed by atoms with van der Waals surface area (Å²) in [5, 5.41) is 8.57. The van der Waals surface area contributed by atoms with Gasteiger partial charge < -0.3 is 14.7 Å². The molecule has 2 rings (SSSR count). The molecule has 1 aromatic carbocycles. The summed E-state index contributed by atoms with van der Waals surface area (Å²) in [6.07, 6.45) is 1.56. The van der Waals surface area contributed by atoms with Crippen LogP contribution in [0.4, 0.5) is 0 Å². The summed E-state index contributed by atoms with van der Waals surface area (Å²) in [6.45, 7) is 0.397. The molecule has 1 heterocycles. The van der Waals surface area contributed by atoms with Crippen molar-refractivity contribution in [2.75, 3.05) is 6.54 Å². The van der Waals surface area contributed by atoms with Crippen LogP contribution >= 0.6 is 0 Å². The fraction of sp³-hybridized carbons (Fsp3) is 0.385. The topological polar surface area (TPSA) is 66.8 Å². The van der Waals surface area contributed by atoms with Crippen LogP contribution < -0.4 is 4.74 Å². The number of carbonyl (C=O) groups excluding carboxylic acids is 1. The van der Waals surface area contributed by atoms with Crippen molar-refractivity contribution in [2.45, 2.75) is 25.5 Å². The lowest BCUT2D eigenvalue weighted by molar-refractivity contribution is -0.138. The van der Waals surface area contributed by atoms with Gasteiger partial charge in [0, 0.05) is 19.4 Å². The molecule has 96 valence electrons. The van der Waals surface area contributed by atoms with Gasteiger partial charge in [0.2, 0.25) is 6.41 Å². The Hall–Kier alpha value is -2.04. The van der Waals surface area contributed by atoms with Crippen molar-refractivity contribution in [1.29, 1.82) is 0 Å². The zero-order valence-electron chi connectivity index (χ0n) is 9.91. The number of ether oxygens (including phenoxy) is 1. The van der Waals surface area contributed by atoms with E-state index in [0.717, 1.165) is 17.7 Å². The Morgan fingerprint density at radius 2 is 2.28 bits per heavy atom. The Morgan fingerprint density at radius 1 is 1.50 bits per heavy atom. The Morgan fingerprint density at radius 3 is 2.94 bits per heavy atom. The van der Waals surface area contributed by atoms with Crippen molar-refractivity contribution in [2.24, 2.45) is 0 Å². The molecule has 1 N–H and O–H groups in total. The van der Waals surface area contributed by atoms with Crippen molar-refractivity contribution >= 4 is 12.4 Å². The van der Waals surface area contributed by atoms with Crippen LogP contribution in [0.1, 0.15) is 18.4 Å². The van der Waals surface area contributed by atoms with E-state index in [1.165, 1.54) is 4.90 Å². The highest BCUT2D eigenvalue weighted by Crippen LogP contribution is 2.29. The summed E-state index contributed by atoms with van der Waals surface area (Å²) in [5.74, 6) is -0.0518. The van der Waals surface area contributed by atoms with Crippen LogP contribution in [0.15, 0.2) is 24.3 Å². The number of amides is 1. The number of hydrogen-bond acceptors (Lipinski definition) is 3. The van der Waals surface area contributed by atoms with Gasteiger partial charge in [0.05, 0.1) is 0 Å². The SMILES string of the molecule is O=CN(CCCC(=O)O)C1Cc2ccccc2O1. The van der Waals surface area contributed by atoms with E-state index in [1.807, 2.05) is 24.3 Å². The lowest BCUT2D eigenvalue weighted by Gasteiger charge is -2.23. The van der Waals surface area contributed by atoms with E-state index < -0.39 is 5.97 Å². The molecule has 0 saturated heterocycles. The molecule has 0 aliphatic carbocycles. The van der Waals surface area contributed by atoms with Crippen molar-refractivity contribution in [3.63, 3.8) is 0 Å². The third kappa shape index (κ3) is 2.80. The molecule has 1 aliphatic heterocycles. The van der Waals surface area contributed by atoms with E-state index in [2.05, 4.69) is 0 Å². The molecule has 1 amide bonds. The summed E-state index contributed by atoms with van der Waals surface area (Å²) in [7, 11) is 0. The zero-order chi connectivity index (χ0) is 13.0. The summed E-state index contributed by atoms with van der Waals surface area (Å²) >= 11 is 0. The van der Waals surface area contributed by atoms with E-state index in [4.69, 9.17) is 9.84 Å². The van der Waals surface area contributed by atoms with Gasteiger partial charge in [0.25, 0.3) is 0 Å². The molecule has 0 aromatic heterocycles. The van der Waals surface area contributed by atoms with Gasteiger partial charge in [-0.25, -0.2) is 0 Å². The molecular weight excluding hydrogens is 234 g/mol. The summed E-state index contributed by atoms with van der Waals surface area (Å²) in [6, 6.07) is 7.66. The molecule has 18 heavy (non-hydrogen) atoms. The molecule has 0 bridgehead atoms.